The first kappa shape index (κ1) is 14.9. The van der Waals surface area contributed by atoms with Gasteiger partial charge in [0.25, 0.3) is 0 Å². The molecule has 1 aromatic carbocycles. The highest BCUT2D eigenvalue weighted by atomic mass is 32.1. The van der Waals surface area contributed by atoms with Gasteiger partial charge in [0.1, 0.15) is 10.8 Å². The number of hydrogen-bond acceptors (Lipinski definition) is 7. The van der Waals surface area contributed by atoms with Crippen LogP contribution in [0.2, 0.25) is 0 Å². The number of nitrogens with one attached hydrogen (secondary N) is 2. The molecule has 0 fully saturated rings. The van der Waals surface area contributed by atoms with E-state index in [-0.39, 0.29) is 12.3 Å². The largest absolute Gasteiger partial charge is 0.497 e. The van der Waals surface area contributed by atoms with E-state index >= 15 is 0 Å². The van der Waals surface area contributed by atoms with Gasteiger partial charge in [-0.1, -0.05) is 11.3 Å². The van der Waals surface area contributed by atoms with Crippen molar-refractivity contribution in [2.24, 2.45) is 5.10 Å². The van der Waals surface area contributed by atoms with Gasteiger partial charge in [0, 0.05) is 7.05 Å². The summed E-state index contributed by atoms with van der Waals surface area (Å²) in [6, 6.07) is 7.34. The van der Waals surface area contributed by atoms with Gasteiger partial charge in [-0.2, -0.15) is 5.10 Å². The van der Waals surface area contributed by atoms with E-state index in [0.29, 0.717) is 10.1 Å². The summed E-state index contributed by atoms with van der Waals surface area (Å²) in [5.74, 6) is 0.534. The summed E-state index contributed by atoms with van der Waals surface area (Å²) in [6.07, 6.45) is 1.72. The monoisotopic (exact) mass is 305 g/mol. The molecule has 0 radical (unpaired) electrons. The molecule has 110 valence electrons. The number of ether oxygens (including phenoxy) is 1. The Morgan fingerprint density at radius 2 is 2.14 bits per heavy atom. The van der Waals surface area contributed by atoms with Crippen molar-refractivity contribution >= 4 is 28.6 Å². The van der Waals surface area contributed by atoms with Gasteiger partial charge in [0.05, 0.1) is 19.7 Å². The molecular formula is C13H15N5O2S. The van der Waals surface area contributed by atoms with Crippen molar-refractivity contribution in [2.75, 3.05) is 19.5 Å². The molecule has 2 rings (SSSR count). The molecule has 0 saturated heterocycles. The topological polar surface area (TPSA) is 88.5 Å². The van der Waals surface area contributed by atoms with Gasteiger partial charge in [-0.25, -0.2) is 5.43 Å². The number of carbonyl (C=O) groups excluding carboxylic acids is 1. The first-order valence-corrected chi connectivity index (χ1v) is 6.99. The SMILES string of the molecule is CNc1nnc(CC(=O)N/N=C/c2ccc(OC)cc2)s1. The Labute approximate surface area is 126 Å². The van der Waals surface area contributed by atoms with E-state index in [2.05, 4.69) is 26.0 Å². The fourth-order valence-corrected chi connectivity index (χ4v) is 2.16. The van der Waals surface area contributed by atoms with Crippen LogP contribution in [0.15, 0.2) is 29.4 Å². The van der Waals surface area contributed by atoms with Crippen LogP contribution in [0.3, 0.4) is 0 Å². The van der Waals surface area contributed by atoms with Gasteiger partial charge in [0.2, 0.25) is 11.0 Å². The zero-order chi connectivity index (χ0) is 15.1. The zero-order valence-electron chi connectivity index (χ0n) is 11.7. The van der Waals surface area contributed by atoms with Crippen LogP contribution in [0.25, 0.3) is 0 Å². The highest BCUT2D eigenvalue weighted by Gasteiger charge is 2.07. The van der Waals surface area contributed by atoms with E-state index in [9.17, 15) is 4.79 Å². The van der Waals surface area contributed by atoms with E-state index in [0.717, 1.165) is 11.3 Å². The van der Waals surface area contributed by atoms with Crippen LogP contribution >= 0.6 is 11.3 Å². The summed E-state index contributed by atoms with van der Waals surface area (Å²) in [7, 11) is 3.36. The number of nitrogens with zero attached hydrogens (tertiary/aromatic N) is 3. The maximum absolute atomic E-state index is 11.7. The zero-order valence-corrected chi connectivity index (χ0v) is 12.5. The van der Waals surface area contributed by atoms with Crippen LogP contribution < -0.4 is 15.5 Å². The predicted molar refractivity (Wildman–Crippen MR) is 81.9 cm³/mol. The smallest absolute Gasteiger partial charge is 0.247 e. The third kappa shape index (κ3) is 4.53. The van der Waals surface area contributed by atoms with Gasteiger partial charge in [-0.3, -0.25) is 4.79 Å². The van der Waals surface area contributed by atoms with Crippen LogP contribution in [-0.2, 0) is 11.2 Å². The first-order valence-electron chi connectivity index (χ1n) is 6.17. The Kier molecular flexibility index (Phi) is 5.22. The van der Waals surface area contributed by atoms with Gasteiger partial charge >= 0.3 is 0 Å². The standard InChI is InChI=1S/C13H15N5O2S/c1-14-13-18-17-12(21-13)7-11(19)16-15-8-9-3-5-10(20-2)6-4-9/h3-6,8H,7H2,1-2H3,(H,14,18)(H,16,19)/b15-8+. The molecule has 21 heavy (non-hydrogen) atoms. The lowest BCUT2D eigenvalue weighted by Gasteiger charge is -1.99. The minimum absolute atomic E-state index is 0.152. The van der Waals surface area contributed by atoms with E-state index in [1.54, 1.807) is 20.4 Å². The van der Waals surface area contributed by atoms with Crippen molar-refractivity contribution in [3.05, 3.63) is 34.8 Å². The molecule has 1 amide bonds. The predicted octanol–water partition coefficient (Wildman–Crippen LogP) is 1.28. The van der Waals surface area contributed by atoms with Gasteiger partial charge in [-0.05, 0) is 29.8 Å². The Balaban J connectivity index is 1.83. The molecule has 0 aliphatic heterocycles. The number of hydrogen-bond donors (Lipinski definition) is 2. The van der Waals surface area contributed by atoms with Crippen molar-refractivity contribution in [1.29, 1.82) is 0 Å². The molecule has 0 unspecified atom stereocenters. The Hall–Kier alpha value is -2.48. The first-order chi connectivity index (χ1) is 10.2. The van der Waals surface area contributed by atoms with Crippen LogP contribution in [0.5, 0.6) is 5.75 Å². The molecule has 8 heteroatoms. The molecule has 0 spiro atoms. The molecule has 0 saturated carbocycles. The lowest BCUT2D eigenvalue weighted by atomic mass is 10.2. The molecule has 0 atom stereocenters. The fourth-order valence-electron chi connectivity index (χ4n) is 1.47. The normalized spacial score (nSPS) is 10.6. The van der Waals surface area contributed by atoms with Crippen molar-refractivity contribution in [3.63, 3.8) is 0 Å². The summed E-state index contributed by atoms with van der Waals surface area (Å²) in [5.41, 5.74) is 3.32. The number of benzene rings is 1. The summed E-state index contributed by atoms with van der Waals surface area (Å²) in [6.45, 7) is 0. The van der Waals surface area contributed by atoms with E-state index in [1.165, 1.54) is 11.3 Å². The maximum Gasteiger partial charge on any atom is 0.247 e. The summed E-state index contributed by atoms with van der Waals surface area (Å²) in [4.78, 5) is 11.7. The average molecular weight is 305 g/mol. The number of rotatable bonds is 6. The highest BCUT2D eigenvalue weighted by Crippen LogP contribution is 2.14. The van der Waals surface area contributed by atoms with Crippen molar-refractivity contribution in [2.45, 2.75) is 6.42 Å². The molecule has 2 aromatic rings. The molecule has 1 heterocycles. The fraction of sp³-hybridized carbons (Fsp3) is 0.231. The summed E-state index contributed by atoms with van der Waals surface area (Å²) < 4.78 is 5.06. The van der Waals surface area contributed by atoms with Gasteiger partial charge < -0.3 is 10.1 Å². The number of aromatic nitrogens is 2. The molecule has 1 aromatic heterocycles. The Morgan fingerprint density at radius 3 is 2.76 bits per heavy atom. The Morgan fingerprint density at radius 1 is 1.38 bits per heavy atom. The minimum atomic E-state index is -0.237. The molecular weight excluding hydrogens is 290 g/mol. The van der Waals surface area contributed by atoms with E-state index in [1.807, 2.05) is 24.3 Å². The third-order valence-electron chi connectivity index (χ3n) is 2.51. The lowest BCUT2D eigenvalue weighted by molar-refractivity contribution is -0.120. The molecule has 2 N–H and O–H groups in total. The number of carbonyl (C=O) groups is 1. The quantitative estimate of drug-likeness (QED) is 0.620. The highest BCUT2D eigenvalue weighted by molar-refractivity contribution is 7.15. The van der Waals surface area contributed by atoms with Gasteiger partial charge in [0.15, 0.2) is 0 Å². The maximum atomic E-state index is 11.7. The van der Waals surface area contributed by atoms with Crippen LogP contribution in [0.4, 0.5) is 5.13 Å². The van der Waals surface area contributed by atoms with Crippen LogP contribution in [0.1, 0.15) is 10.6 Å². The second kappa shape index (κ2) is 7.34. The van der Waals surface area contributed by atoms with Crippen LogP contribution in [0, 0.1) is 0 Å². The minimum Gasteiger partial charge on any atom is -0.497 e. The number of methoxy groups -OCH3 is 1. The number of anilines is 1. The molecule has 0 aliphatic carbocycles. The molecule has 0 bridgehead atoms. The van der Waals surface area contributed by atoms with Gasteiger partial charge in [-0.15, -0.1) is 10.2 Å². The second-order valence-electron chi connectivity index (χ2n) is 3.99. The second-order valence-corrected chi connectivity index (χ2v) is 5.06. The Bertz CT molecular complexity index is 624. The van der Waals surface area contributed by atoms with E-state index < -0.39 is 0 Å². The molecule has 0 aliphatic rings. The summed E-state index contributed by atoms with van der Waals surface area (Å²) >= 11 is 1.34. The average Bonchev–Trinajstić information content (AvgIpc) is 2.95. The number of hydrazone groups is 1. The lowest BCUT2D eigenvalue weighted by Crippen LogP contribution is -2.19. The molecule has 7 nitrogen and oxygen atoms in total. The van der Waals surface area contributed by atoms with Crippen molar-refractivity contribution in [1.82, 2.24) is 15.6 Å². The third-order valence-corrected chi connectivity index (χ3v) is 3.45. The van der Waals surface area contributed by atoms with Crippen LogP contribution in [-0.4, -0.2) is 36.5 Å². The van der Waals surface area contributed by atoms with E-state index in [4.69, 9.17) is 4.74 Å². The summed E-state index contributed by atoms with van der Waals surface area (Å²) in [5, 5.41) is 15.8. The van der Waals surface area contributed by atoms with Crippen molar-refractivity contribution < 1.29 is 9.53 Å². The number of amides is 1. The van der Waals surface area contributed by atoms with Crippen molar-refractivity contribution in [3.8, 4) is 5.75 Å².